The molecule has 1 aliphatic heterocycles. The first-order valence-corrected chi connectivity index (χ1v) is 13.1. The summed E-state index contributed by atoms with van der Waals surface area (Å²) < 4.78 is 17.1. The fraction of sp³-hybridized carbons (Fsp3) is 0.400. The van der Waals surface area contributed by atoms with Crippen LogP contribution in [0.2, 0.25) is 0 Å². The highest BCUT2D eigenvalue weighted by molar-refractivity contribution is 6.16. The highest BCUT2D eigenvalue weighted by Gasteiger charge is 2.44. The maximum atomic E-state index is 13.8. The molecule has 2 heterocycles. The quantitative estimate of drug-likeness (QED) is 0.234. The van der Waals surface area contributed by atoms with Gasteiger partial charge in [-0.1, -0.05) is 44.0 Å². The normalized spacial score (nSPS) is 15.7. The molecule has 202 valence electrons. The predicted molar refractivity (Wildman–Crippen MR) is 146 cm³/mol. The molecule has 1 N–H and O–H groups in total. The fourth-order valence-corrected chi connectivity index (χ4v) is 4.75. The second-order valence-electron chi connectivity index (χ2n) is 9.76. The van der Waals surface area contributed by atoms with Gasteiger partial charge in [-0.05, 0) is 63.3 Å². The lowest BCUT2D eigenvalue weighted by atomic mass is 9.95. The zero-order valence-corrected chi connectivity index (χ0v) is 22.5. The van der Waals surface area contributed by atoms with Crippen LogP contribution in [0.4, 0.5) is 0 Å². The molecule has 4 rings (SSSR count). The lowest BCUT2D eigenvalue weighted by Gasteiger charge is -2.27. The summed E-state index contributed by atoms with van der Waals surface area (Å²) in [5.74, 6) is -0.385. The number of fused-ring (bicyclic) bond motifs is 1. The van der Waals surface area contributed by atoms with Gasteiger partial charge in [0.25, 0.3) is 5.91 Å². The third-order valence-electron chi connectivity index (χ3n) is 6.72. The lowest BCUT2D eigenvalue weighted by Crippen LogP contribution is -2.33. The summed E-state index contributed by atoms with van der Waals surface area (Å²) in [6.07, 6.45) is 3.89. The number of methoxy groups -OCH3 is 1. The second kappa shape index (κ2) is 12.2. The van der Waals surface area contributed by atoms with Crippen LogP contribution in [0, 0.1) is 0 Å². The first-order chi connectivity index (χ1) is 18.3. The highest BCUT2D eigenvalue weighted by atomic mass is 16.5. The van der Waals surface area contributed by atoms with Crippen LogP contribution in [0.25, 0.3) is 11.0 Å². The Morgan fingerprint density at radius 2 is 1.87 bits per heavy atom. The number of aliphatic hydroxyl groups excluding tert-OH is 1. The Kier molecular flexibility index (Phi) is 8.73. The van der Waals surface area contributed by atoms with Crippen molar-refractivity contribution in [1.29, 1.82) is 0 Å². The summed E-state index contributed by atoms with van der Waals surface area (Å²) in [4.78, 5) is 30.6. The van der Waals surface area contributed by atoms with Gasteiger partial charge in [0.15, 0.2) is 22.9 Å². The van der Waals surface area contributed by atoms with Crippen molar-refractivity contribution in [2.45, 2.75) is 38.6 Å². The van der Waals surface area contributed by atoms with Crippen molar-refractivity contribution < 1.29 is 28.6 Å². The van der Waals surface area contributed by atoms with Gasteiger partial charge >= 0.3 is 0 Å². The van der Waals surface area contributed by atoms with E-state index in [9.17, 15) is 14.7 Å². The van der Waals surface area contributed by atoms with Crippen molar-refractivity contribution in [3.8, 4) is 11.5 Å². The van der Waals surface area contributed by atoms with Gasteiger partial charge in [0.05, 0.1) is 25.3 Å². The SMILES string of the molecule is CCCCCOc1ccc(C2C(C(=O)c3cc4cccc(OC)c4o3)=C(O)C(=O)N2CCCN(C)C)cc1. The van der Waals surface area contributed by atoms with Gasteiger partial charge in [0.1, 0.15) is 5.75 Å². The molecule has 1 amide bonds. The van der Waals surface area contributed by atoms with Crippen LogP contribution in [0.1, 0.15) is 54.8 Å². The maximum absolute atomic E-state index is 13.8. The molecule has 8 heteroatoms. The summed E-state index contributed by atoms with van der Waals surface area (Å²) in [5, 5.41) is 11.7. The summed E-state index contributed by atoms with van der Waals surface area (Å²) >= 11 is 0. The molecule has 38 heavy (non-hydrogen) atoms. The highest BCUT2D eigenvalue weighted by Crippen LogP contribution is 2.40. The van der Waals surface area contributed by atoms with E-state index in [0.717, 1.165) is 31.6 Å². The number of ketones is 1. The molecule has 1 aromatic heterocycles. The number of hydrogen-bond donors (Lipinski definition) is 1. The molecule has 0 aliphatic carbocycles. The first-order valence-electron chi connectivity index (χ1n) is 13.1. The molecule has 0 saturated carbocycles. The summed E-state index contributed by atoms with van der Waals surface area (Å²) in [7, 11) is 5.45. The summed E-state index contributed by atoms with van der Waals surface area (Å²) in [5.41, 5.74) is 1.16. The smallest absolute Gasteiger partial charge is 0.290 e. The van der Waals surface area contributed by atoms with Crippen molar-refractivity contribution in [3.05, 3.63) is 71.2 Å². The number of unbranched alkanes of at least 4 members (excludes halogenated alkanes) is 2. The van der Waals surface area contributed by atoms with E-state index in [-0.39, 0.29) is 11.3 Å². The van der Waals surface area contributed by atoms with Crippen molar-refractivity contribution >= 4 is 22.7 Å². The zero-order valence-electron chi connectivity index (χ0n) is 22.5. The third-order valence-corrected chi connectivity index (χ3v) is 6.72. The number of hydrogen-bond acceptors (Lipinski definition) is 7. The van der Waals surface area contributed by atoms with Gasteiger partial charge in [-0.3, -0.25) is 9.59 Å². The maximum Gasteiger partial charge on any atom is 0.290 e. The molecule has 0 spiro atoms. The van der Waals surface area contributed by atoms with E-state index in [1.807, 2.05) is 55.4 Å². The molecule has 2 aromatic carbocycles. The van der Waals surface area contributed by atoms with E-state index in [1.165, 1.54) is 7.11 Å². The van der Waals surface area contributed by atoms with Crippen LogP contribution in [-0.4, -0.2) is 67.5 Å². The minimum absolute atomic E-state index is 0.00879. The number of amides is 1. The Labute approximate surface area is 223 Å². The van der Waals surface area contributed by atoms with E-state index >= 15 is 0 Å². The average Bonchev–Trinajstić information content (AvgIpc) is 3.46. The molecule has 0 bridgehead atoms. The Balaban J connectivity index is 1.67. The topological polar surface area (TPSA) is 92.4 Å². The number of furan rings is 1. The molecular weight excluding hydrogens is 484 g/mol. The van der Waals surface area contributed by atoms with Crippen LogP contribution in [0.3, 0.4) is 0 Å². The molecule has 8 nitrogen and oxygen atoms in total. The van der Waals surface area contributed by atoms with Gasteiger partial charge in [0.2, 0.25) is 5.78 Å². The van der Waals surface area contributed by atoms with Crippen molar-refractivity contribution in [1.82, 2.24) is 9.80 Å². The van der Waals surface area contributed by atoms with Gasteiger partial charge in [-0.15, -0.1) is 0 Å². The average molecular weight is 521 g/mol. The monoisotopic (exact) mass is 520 g/mol. The lowest BCUT2D eigenvalue weighted by molar-refractivity contribution is -0.129. The predicted octanol–water partition coefficient (Wildman–Crippen LogP) is 5.54. The molecule has 1 aliphatic rings. The molecular formula is C30H36N2O6. The van der Waals surface area contributed by atoms with Crippen molar-refractivity contribution in [3.63, 3.8) is 0 Å². The summed E-state index contributed by atoms with van der Waals surface area (Å²) in [6, 6.07) is 13.6. The first kappa shape index (κ1) is 27.3. The van der Waals surface area contributed by atoms with E-state index in [4.69, 9.17) is 13.9 Å². The third kappa shape index (κ3) is 5.70. The molecule has 0 saturated heterocycles. The van der Waals surface area contributed by atoms with Gasteiger partial charge in [-0.2, -0.15) is 0 Å². The van der Waals surface area contributed by atoms with E-state index < -0.39 is 23.5 Å². The van der Waals surface area contributed by atoms with E-state index in [2.05, 4.69) is 6.92 Å². The number of benzene rings is 2. The molecule has 1 unspecified atom stereocenters. The van der Waals surface area contributed by atoms with E-state index in [1.54, 1.807) is 17.0 Å². The fourth-order valence-electron chi connectivity index (χ4n) is 4.75. The van der Waals surface area contributed by atoms with Crippen LogP contribution in [0.15, 0.2) is 64.3 Å². The number of aliphatic hydroxyl groups is 1. The Morgan fingerprint density at radius 3 is 2.55 bits per heavy atom. The molecule has 0 fully saturated rings. The second-order valence-corrected chi connectivity index (χ2v) is 9.76. The van der Waals surface area contributed by atoms with Crippen molar-refractivity contribution in [2.75, 3.05) is 40.9 Å². The van der Waals surface area contributed by atoms with Crippen LogP contribution >= 0.6 is 0 Å². The Morgan fingerprint density at radius 1 is 1.11 bits per heavy atom. The van der Waals surface area contributed by atoms with Gasteiger partial charge < -0.3 is 28.8 Å². The minimum atomic E-state index is -0.749. The zero-order chi connectivity index (χ0) is 27.2. The van der Waals surface area contributed by atoms with Gasteiger partial charge in [0, 0.05) is 11.9 Å². The van der Waals surface area contributed by atoms with Crippen LogP contribution in [0.5, 0.6) is 11.5 Å². The standard InChI is InChI=1S/C30H36N2O6/c1-5-6-7-18-37-22-14-12-20(13-15-22)26-25(28(34)30(35)32(26)17-9-16-31(2)3)27(33)24-19-21-10-8-11-23(36-4)29(21)38-24/h8,10-15,19,26,34H,5-7,9,16-18H2,1-4H3. The Hall–Kier alpha value is -3.78. The van der Waals surface area contributed by atoms with Crippen LogP contribution < -0.4 is 9.47 Å². The van der Waals surface area contributed by atoms with Crippen LogP contribution in [-0.2, 0) is 4.79 Å². The summed E-state index contributed by atoms with van der Waals surface area (Å²) in [6.45, 7) is 3.91. The van der Waals surface area contributed by atoms with Crippen molar-refractivity contribution in [2.24, 2.45) is 0 Å². The number of para-hydroxylation sites is 1. The largest absolute Gasteiger partial charge is 0.503 e. The number of Topliss-reactive ketones (excluding diaryl/α,β-unsaturated/α-hetero) is 1. The minimum Gasteiger partial charge on any atom is -0.503 e. The number of carbonyl (C=O) groups is 2. The van der Waals surface area contributed by atoms with E-state index in [0.29, 0.717) is 41.9 Å². The number of ether oxygens (including phenoxy) is 2. The number of rotatable bonds is 13. The number of nitrogens with zero attached hydrogens (tertiary/aromatic N) is 2. The molecule has 3 aromatic rings. The number of carbonyl (C=O) groups excluding carboxylic acids is 2. The Bertz CT molecular complexity index is 1310. The molecule has 1 atom stereocenters. The van der Waals surface area contributed by atoms with Gasteiger partial charge in [-0.25, -0.2) is 0 Å². The molecule has 0 radical (unpaired) electrons.